The van der Waals surface area contributed by atoms with E-state index in [-0.39, 0.29) is 25.0 Å². The summed E-state index contributed by atoms with van der Waals surface area (Å²) in [5.74, 6) is -4.37. The summed E-state index contributed by atoms with van der Waals surface area (Å²) in [6.45, 7) is 0.795. The molecule has 0 aromatic heterocycles. The van der Waals surface area contributed by atoms with Gasteiger partial charge in [-0.3, -0.25) is 4.79 Å². The molecule has 1 aliphatic heterocycles. The summed E-state index contributed by atoms with van der Waals surface area (Å²) < 4.78 is 32.4. The van der Waals surface area contributed by atoms with Crippen molar-refractivity contribution in [3.63, 3.8) is 0 Å². The van der Waals surface area contributed by atoms with Crippen LogP contribution in [-0.2, 0) is 4.79 Å². The number of hydrogen-bond acceptors (Lipinski definition) is 3. The fourth-order valence-electron chi connectivity index (χ4n) is 3.64. The molecule has 6 nitrogen and oxygen atoms in total. The molecule has 3 amide bonds. The fourth-order valence-corrected chi connectivity index (χ4v) is 3.77. The molecule has 1 heterocycles. The van der Waals surface area contributed by atoms with Gasteiger partial charge in [0, 0.05) is 42.7 Å². The summed E-state index contributed by atoms with van der Waals surface area (Å²) in [5, 5.41) is 6.20. The third kappa shape index (κ3) is 5.85. The number of likely N-dealkylation sites (tertiary alicyclic amines) is 1. The largest absolute Gasteiger partial charge is 0.497 e. The molecule has 166 valence electrons. The maximum absolute atomic E-state index is 13.6. The highest BCUT2D eigenvalue weighted by Gasteiger charge is 2.41. The Morgan fingerprint density at radius 1 is 1.13 bits per heavy atom. The van der Waals surface area contributed by atoms with Crippen molar-refractivity contribution in [2.45, 2.75) is 31.2 Å². The normalized spacial score (nSPS) is 18.9. The summed E-state index contributed by atoms with van der Waals surface area (Å²) in [5.41, 5.74) is 1.38. The van der Waals surface area contributed by atoms with E-state index in [1.54, 1.807) is 43.5 Å². The van der Waals surface area contributed by atoms with Gasteiger partial charge in [0.15, 0.2) is 0 Å². The molecule has 2 aromatic rings. The van der Waals surface area contributed by atoms with E-state index in [0.717, 1.165) is 10.5 Å². The number of benzene rings is 2. The first-order chi connectivity index (χ1) is 14.7. The van der Waals surface area contributed by atoms with Crippen molar-refractivity contribution in [2.75, 3.05) is 25.5 Å². The van der Waals surface area contributed by atoms with Gasteiger partial charge in [-0.05, 0) is 48.4 Å². The topological polar surface area (TPSA) is 70.7 Å². The molecule has 0 bridgehead atoms. The van der Waals surface area contributed by atoms with Crippen LogP contribution < -0.4 is 15.4 Å². The van der Waals surface area contributed by atoms with E-state index in [4.69, 9.17) is 16.3 Å². The van der Waals surface area contributed by atoms with Crippen LogP contribution in [0.5, 0.6) is 5.75 Å². The third-order valence-corrected chi connectivity index (χ3v) is 5.49. The molecule has 0 saturated carbocycles. The third-order valence-electron chi connectivity index (χ3n) is 5.24. The van der Waals surface area contributed by atoms with Crippen molar-refractivity contribution >= 4 is 29.2 Å². The van der Waals surface area contributed by atoms with Crippen molar-refractivity contribution in [1.82, 2.24) is 10.2 Å². The molecule has 9 heteroatoms. The Hall–Kier alpha value is -2.87. The first-order valence-electron chi connectivity index (χ1n) is 9.81. The lowest BCUT2D eigenvalue weighted by molar-refractivity contribution is -0.156. The Morgan fingerprint density at radius 2 is 1.77 bits per heavy atom. The lowest BCUT2D eigenvalue weighted by Gasteiger charge is -2.40. The molecule has 2 atom stereocenters. The molecule has 0 aliphatic carbocycles. The summed E-state index contributed by atoms with van der Waals surface area (Å²) in [6.07, 6.45) is 0.340. The summed E-state index contributed by atoms with van der Waals surface area (Å²) in [6, 6.07) is 13.0. The van der Waals surface area contributed by atoms with E-state index in [1.165, 1.54) is 0 Å². The lowest BCUT2D eigenvalue weighted by Crippen LogP contribution is -2.54. The van der Waals surface area contributed by atoms with Gasteiger partial charge in [-0.25, -0.2) is 4.79 Å². The van der Waals surface area contributed by atoms with E-state index in [2.05, 4.69) is 10.6 Å². The second-order valence-corrected chi connectivity index (χ2v) is 7.96. The molecular weight excluding hydrogens is 428 g/mol. The Balaban J connectivity index is 1.77. The maximum atomic E-state index is 13.6. The van der Waals surface area contributed by atoms with Crippen molar-refractivity contribution in [3.8, 4) is 5.75 Å². The summed E-state index contributed by atoms with van der Waals surface area (Å²) in [4.78, 5) is 25.8. The van der Waals surface area contributed by atoms with Crippen LogP contribution in [-0.4, -0.2) is 49.0 Å². The van der Waals surface area contributed by atoms with Gasteiger partial charge in [-0.1, -0.05) is 23.7 Å². The van der Waals surface area contributed by atoms with E-state index < -0.39 is 17.9 Å². The zero-order valence-electron chi connectivity index (χ0n) is 17.2. The number of hydrogen-bond donors (Lipinski definition) is 2. The van der Waals surface area contributed by atoms with Crippen molar-refractivity contribution in [1.29, 1.82) is 0 Å². The van der Waals surface area contributed by atoms with Crippen LogP contribution in [0.2, 0.25) is 5.02 Å². The van der Waals surface area contributed by atoms with Crippen LogP contribution in [0.1, 0.15) is 24.8 Å². The van der Waals surface area contributed by atoms with Gasteiger partial charge < -0.3 is 20.3 Å². The van der Waals surface area contributed by atoms with Gasteiger partial charge in [0.1, 0.15) is 5.75 Å². The predicted octanol–water partition coefficient (Wildman–Crippen LogP) is 4.51. The molecule has 3 rings (SSSR count). The van der Waals surface area contributed by atoms with Gasteiger partial charge in [0.05, 0.1) is 7.11 Å². The SMILES string of the molecule is COc1ccc(C2CN(C(=O)C(C)(F)F)CC[C@H]2NC(=O)Nc2ccc(Cl)cc2)cc1. The second-order valence-electron chi connectivity index (χ2n) is 7.52. The number of ether oxygens (including phenoxy) is 1. The average molecular weight is 452 g/mol. The minimum absolute atomic E-state index is 0.0699. The van der Waals surface area contributed by atoms with Crippen molar-refractivity contribution < 1.29 is 23.1 Å². The molecule has 2 aromatic carbocycles. The molecule has 31 heavy (non-hydrogen) atoms. The van der Waals surface area contributed by atoms with E-state index in [9.17, 15) is 18.4 Å². The number of alkyl halides is 2. The number of amides is 3. The first kappa shape index (κ1) is 22.8. The number of carbonyl (C=O) groups excluding carboxylic acids is 2. The number of halogens is 3. The molecule has 0 radical (unpaired) electrons. The van der Waals surface area contributed by atoms with Crippen LogP contribution in [0.3, 0.4) is 0 Å². The number of nitrogens with zero attached hydrogens (tertiary/aromatic N) is 1. The molecule has 1 saturated heterocycles. The highest BCUT2D eigenvalue weighted by molar-refractivity contribution is 6.30. The smallest absolute Gasteiger partial charge is 0.322 e. The molecule has 2 N–H and O–H groups in total. The average Bonchev–Trinajstić information content (AvgIpc) is 2.74. The summed E-state index contributed by atoms with van der Waals surface area (Å²) in [7, 11) is 1.55. The van der Waals surface area contributed by atoms with E-state index in [1.807, 2.05) is 12.1 Å². The van der Waals surface area contributed by atoms with E-state index in [0.29, 0.717) is 29.8 Å². The fraction of sp³-hybridized carbons (Fsp3) is 0.364. The standard InChI is InChI=1S/C22H24ClF2N3O3/c1-22(24,25)20(29)28-12-11-19(18(13-28)14-3-9-17(31-2)10-4-14)27-21(30)26-16-7-5-15(23)6-8-16/h3-10,18-19H,11-13H2,1-2H3,(H2,26,27,30)/t18?,19-/m1/s1. The van der Waals surface area contributed by atoms with Gasteiger partial charge in [-0.2, -0.15) is 8.78 Å². The van der Waals surface area contributed by atoms with Crippen molar-refractivity contribution in [3.05, 3.63) is 59.1 Å². The maximum Gasteiger partial charge on any atom is 0.322 e. The number of anilines is 1. The Kier molecular flexibility index (Phi) is 7.00. The highest BCUT2D eigenvalue weighted by Crippen LogP contribution is 2.31. The Labute approximate surface area is 184 Å². The van der Waals surface area contributed by atoms with Crippen molar-refractivity contribution in [2.24, 2.45) is 0 Å². The summed E-state index contributed by atoms with van der Waals surface area (Å²) >= 11 is 5.86. The highest BCUT2D eigenvalue weighted by atomic mass is 35.5. The molecule has 1 fully saturated rings. The molecular formula is C22H24ClF2N3O3. The van der Waals surface area contributed by atoms with Gasteiger partial charge in [0.25, 0.3) is 5.91 Å². The quantitative estimate of drug-likeness (QED) is 0.702. The van der Waals surface area contributed by atoms with Crippen LogP contribution in [0.4, 0.5) is 19.3 Å². The number of piperidine rings is 1. The monoisotopic (exact) mass is 451 g/mol. The number of rotatable bonds is 5. The van der Waals surface area contributed by atoms with Crippen LogP contribution in [0.15, 0.2) is 48.5 Å². The zero-order chi connectivity index (χ0) is 22.6. The first-order valence-corrected chi connectivity index (χ1v) is 10.2. The Morgan fingerprint density at radius 3 is 2.35 bits per heavy atom. The zero-order valence-corrected chi connectivity index (χ0v) is 18.0. The molecule has 1 aliphatic rings. The minimum atomic E-state index is -3.45. The van der Waals surface area contributed by atoms with Gasteiger partial charge in [0.2, 0.25) is 0 Å². The molecule has 1 unspecified atom stereocenters. The van der Waals surface area contributed by atoms with Crippen LogP contribution >= 0.6 is 11.6 Å². The van der Waals surface area contributed by atoms with Crippen LogP contribution in [0.25, 0.3) is 0 Å². The second kappa shape index (κ2) is 9.51. The Bertz CT molecular complexity index is 917. The van der Waals surface area contributed by atoms with Crippen LogP contribution in [0, 0.1) is 0 Å². The lowest BCUT2D eigenvalue weighted by atomic mass is 9.85. The number of urea groups is 1. The molecule has 0 spiro atoms. The number of methoxy groups -OCH3 is 1. The number of nitrogens with one attached hydrogen (secondary N) is 2. The number of carbonyl (C=O) groups is 2. The predicted molar refractivity (Wildman–Crippen MR) is 115 cm³/mol. The van der Waals surface area contributed by atoms with Gasteiger partial charge in [-0.15, -0.1) is 0 Å². The van der Waals surface area contributed by atoms with Gasteiger partial charge >= 0.3 is 12.0 Å². The van der Waals surface area contributed by atoms with E-state index >= 15 is 0 Å². The minimum Gasteiger partial charge on any atom is -0.497 e.